The summed E-state index contributed by atoms with van der Waals surface area (Å²) in [5.74, 6) is -0.121. The van der Waals surface area contributed by atoms with Crippen molar-refractivity contribution in [2.75, 3.05) is 0 Å². The van der Waals surface area contributed by atoms with Gasteiger partial charge in [-0.3, -0.25) is 4.79 Å². The largest absolute Gasteiger partial charge is 0.388 e. The zero-order valence-corrected chi connectivity index (χ0v) is 8.25. The smallest absolute Gasteiger partial charge is 0.132 e. The highest BCUT2D eigenvalue weighted by Crippen LogP contribution is 2.22. The zero-order chi connectivity index (χ0) is 10.9. The second-order valence-electron chi connectivity index (χ2n) is 3.76. The van der Waals surface area contributed by atoms with Gasteiger partial charge in [0.05, 0.1) is 12.2 Å². The van der Waals surface area contributed by atoms with Crippen LogP contribution in [0.4, 0.5) is 0 Å². The molecule has 0 spiro atoms. The van der Waals surface area contributed by atoms with Crippen molar-refractivity contribution in [2.24, 2.45) is 0 Å². The van der Waals surface area contributed by atoms with Crippen molar-refractivity contribution in [3.8, 4) is 0 Å². The van der Waals surface area contributed by atoms with E-state index in [-0.39, 0.29) is 12.2 Å². The number of ether oxygens (including phenoxy) is 1. The lowest BCUT2D eigenvalue weighted by molar-refractivity contribution is -0.217. The number of aliphatic hydroxyl groups excluding tert-OH is 3. The molecule has 82 valence electrons. The summed E-state index contributed by atoms with van der Waals surface area (Å²) in [6, 6.07) is 0. The molecule has 0 unspecified atom stereocenters. The van der Waals surface area contributed by atoms with Gasteiger partial charge in [-0.05, 0) is 13.8 Å². The van der Waals surface area contributed by atoms with Gasteiger partial charge >= 0.3 is 0 Å². The fraction of sp³-hybridized carbons (Fsp3) is 0.889. The van der Waals surface area contributed by atoms with Crippen molar-refractivity contribution in [1.82, 2.24) is 0 Å². The number of aliphatic hydroxyl groups is 3. The molecular weight excluding hydrogens is 188 g/mol. The maximum Gasteiger partial charge on any atom is 0.132 e. The Hall–Kier alpha value is -0.490. The molecule has 1 fully saturated rings. The number of Topliss-reactive ketones (excluding diaryl/α,β-unsaturated/α-hetero) is 1. The molecule has 0 aromatic rings. The zero-order valence-electron chi connectivity index (χ0n) is 8.25. The summed E-state index contributed by atoms with van der Waals surface area (Å²) in [4.78, 5) is 10.8. The highest BCUT2D eigenvalue weighted by molar-refractivity contribution is 5.76. The number of carbonyl (C=O) groups is 1. The van der Waals surface area contributed by atoms with Gasteiger partial charge in [0, 0.05) is 6.42 Å². The average Bonchev–Trinajstić information content (AvgIpc) is 2.10. The van der Waals surface area contributed by atoms with E-state index in [2.05, 4.69) is 0 Å². The molecule has 5 nitrogen and oxygen atoms in total. The van der Waals surface area contributed by atoms with Crippen LogP contribution in [-0.4, -0.2) is 51.6 Å². The Bertz CT molecular complexity index is 217. The second-order valence-corrected chi connectivity index (χ2v) is 3.76. The Morgan fingerprint density at radius 1 is 1.21 bits per heavy atom. The molecule has 0 aromatic heterocycles. The average molecular weight is 204 g/mol. The Balaban J connectivity index is 2.65. The highest BCUT2D eigenvalue weighted by Gasteiger charge is 2.41. The molecule has 0 bridgehead atoms. The van der Waals surface area contributed by atoms with Crippen molar-refractivity contribution in [3.05, 3.63) is 0 Å². The summed E-state index contributed by atoms with van der Waals surface area (Å²) in [7, 11) is 0. The monoisotopic (exact) mass is 204 g/mol. The predicted octanol–water partition coefficient (Wildman–Crippen LogP) is -1.16. The standard InChI is InChI=1S/C9H16O5/c1-4(10)3-6-8(12)9(13)7(11)5(2)14-6/h5-9,11-13H,3H2,1-2H3/t5-,6+,7-,8-,9-/m1/s1. The van der Waals surface area contributed by atoms with Gasteiger partial charge in [-0.2, -0.15) is 0 Å². The summed E-state index contributed by atoms with van der Waals surface area (Å²) in [5.41, 5.74) is 0. The molecule has 0 radical (unpaired) electrons. The molecule has 0 amide bonds. The van der Waals surface area contributed by atoms with E-state index in [4.69, 9.17) is 4.74 Å². The van der Waals surface area contributed by atoms with Crippen LogP contribution in [0.25, 0.3) is 0 Å². The van der Waals surface area contributed by atoms with Gasteiger partial charge in [-0.1, -0.05) is 0 Å². The molecular formula is C9H16O5. The lowest BCUT2D eigenvalue weighted by Crippen LogP contribution is -2.56. The van der Waals surface area contributed by atoms with Crippen LogP contribution in [0.2, 0.25) is 0 Å². The molecule has 0 saturated carbocycles. The summed E-state index contributed by atoms with van der Waals surface area (Å²) in [6.45, 7) is 2.98. The first-order valence-corrected chi connectivity index (χ1v) is 4.62. The SMILES string of the molecule is CC(=O)C[C@@H]1O[C@H](C)[C@@H](O)[C@@H](O)[C@@H]1O. The summed E-state index contributed by atoms with van der Waals surface area (Å²) in [5, 5.41) is 28.2. The van der Waals surface area contributed by atoms with Gasteiger partial charge < -0.3 is 20.1 Å². The van der Waals surface area contributed by atoms with E-state index in [1.165, 1.54) is 6.92 Å². The van der Waals surface area contributed by atoms with E-state index in [9.17, 15) is 20.1 Å². The van der Waals surface area contributed by atoms with Crippen LogP contribution in [0.1, 0.15) is 20.3 Å². The first kappa shape index (κ1) is 11.6. The van der Waals surface area contributed by atoms with Crippen LogP contribution in [-0.2, 0) is 9.53 Å². The van der Waals surface area contributed by atoms with Crippen LogP contribution < -0.4 is 0 Å². The fourth-order valence-electron chi connectivity index (χ4n) is 1.59. The third-order valence-corrected chi connectivity index (χ3v) is 2.44. The lowest BCUT2D eigenvalue weighted by atomic mass is 9.93. The van der Waals surface area contributed by atoms with E-state index in [0.717, 1.165) is 0 Å². The first-order valence-electron chi connectivity index (χ1n) is 4.62. The minimum atomic E-state index is -1.25. The normalized spacial score (nSPS) is 43.6. The molecule has 5 heteroatoms. The lowest BCUT2D eigenvalue weighted by Gasteiger charge is -2.39. The van der Waals surface area contributed by atoms with Crippen molar-refractivity contribution < 1.29 is 24.9 Å². The maximum atomic E-state index is 10.8. The predicted molar refractivity (Wildman–Crippen MR) is 47.7 cm³/mol. The molecule has 1 saturated heterocycles. The molecule has 1 rings (SSSR count). The number of carbonyl (C=O) groups excluding carboxylic acids is 1. The van der Waals surface area contributed by atoms with E-state index in [1.54, 1.807) is 6.92 Å². The summed E-state index contributed by atoms with van der Waals surface area (Å²) < 4.78 is 5.21. The van der Waals surface area contributed by atoms with E-state index < -0.39 is 30.5 Å². The third-order valence-electron chi connectivity index (χ3n) is 2.44. The minimum Gasteiger partial charge on any atom is -0.388 e. The number of hydrogen-bond acceptors (Lipinski definition) is 5. The Morgan fingerprint density at radius 2 is 1.79 bits per heavy atom. The molecule has 14 heavy (non-hydrogen) atoms. The van der Waals surface area contributed by atoms with Crippen molar-refractivity contribution in [1.29, 1.82) is 0 Å². The van der Waals surface area contributed by atoms with Crippen LogP contribution in [0.5, 0.6) is 0 Å². The molecule has 5 atom stereocenters. The molecule has 1 heterocycles. The van der Waals surface area contributed by atoms with E-state index >= 15 is 0 Å². The number of hydrogen-bond donors (Lipinski definition) is 3. The molecule has 1 aliphatic rings. The van der Waals surface area contributed by atoms with Gasteiger partial charge in [0.1, 0.15) is 24.1 Å². The Kier molecular flexibility index (Phi) is 3.60. The third kappa shape index (κ3) is 2.30. The van der Waals surface area contributed by atoms with Crippen LogP contribution in [0, 0.1) is 0 Å². The Morgan fingerprint density at radius 3 is 2.29 bits per heavy atom. The van der Waals surface area contributed by atoms with Gasteiger partial charge in [0.2, 0.25) is 0 Å². The van der Waals surface area contributed by atoms with Crippen LogP contribution >= 0.6 is 0 Å². The number of rotatable bonds is 2. The maximum absolute atomic E-state index is 10.8. The molecule has 1 aliphatic heterocycles. The quantitative estimate of drug-likeness (QED) is 0.528. The molecule has 3 N–H and O–H groups in total. The highest BCUT2D eigenvalue weighted by atomic mass is 16.5. The van der Waals surface area contributed by atoms with Crippen LogP contribution in [0.15, 0.2) is 0 Å². The molecule has 0 aromatic carbocycles. The van der Waals surface area contributed by atoms with Crippen molar-refractivity contribution in [2.45, 2.75) is 50.8 Å². The summed E-state index contributed by atoms with van der Waals surface area (Å²) >= 11 is 0. The van der Waals surface area contributed by atoms with E-state index in [0.29, 0.717) is 0 Å². The van der Waals surface area contributed by atoms with Gasteiger partial charge in [-0.15, -0.1) is 0 Å². The molecule has 0 aliphatic carbocycles. The first-order chi connectivity index (χ1) is 6.43. The minimum absolute atomic E-state index is 0.0509. The van der Waals surface area contributed by atoms with Gasteiger partial charge in [0.25, 0.3) is 0 Å². The van der Waals surface area contributed by atoms with Crippen LogP contribution in [0.3, 0.4) is 0 Å². The second kappa shape index (κ2) is 4.35. The van der Waals surface area contributed by atoms with Gasteiger partial charge in [-0.25, -0.2) is 0 Å². The fourth-order valence-corrected chi connectivity index (χ4v) is 1.59. The van der Waals surface area contributed by atoms with E-state index in [1.807, 2.05) is 0 Å². The van der Waals surface area contributed by atoms with Gasteiger partial charge in [0.15, 0.2) is 0 Å². The van der Waals surface area contributed by atoms with Crippen molar-refractivity contribution in [3.63, 3.8) is 0 Å². The Labute approximate surface area is 82.3 Å². The summed E-state index contributed by atoms with van der Waals surface area (Å²) in [6.07, 6.45) is -4.80. The van der Waals surface area contributed by atoms with Crippen molar-refractivity contribution >= 4 is 5.78 Å². The topological polar surface area (TPSA) is 87.0 Å². The number of ketones is 1.